The van der Waals surface area contributed by atoms with Crippen LogP contribution in [-0.4, -0.2) is 19.7 Å². The highest BCUT2D eigenvalue weighted by Gasteiger charge is 2.06. The molecular weight excluding hydrogens is 328 g/mol. The molecule has 0 aliphatic rings. The van der Waals surface area contributed by atoms with Crippen LogP contribution >= 0.6 is 11.6 Å². The van der Waals surface area contributed by atoms with E-state index in [0.29, 0.717) is 28.9 Å². The molecule has 0 bridgehead atoms. The van der Waals surface area contributed by atoms with E-state index in [2.05, 4.69) is 0 Å². The lowest BCUT2D eigenvalue weighted by Gasteiger charge is -2.09. The Bertz CT molecular complexity index is 753. The molecule has 0 heterocycles. The zero-order valence-electron chi connectivity index (χ0n) is 13.8. The Hall–Kier alpha value is -2.46. The molecule has 0 aromatic heterocycles. The van der Waals surface area contributed by atoms with Crippen molar-refractivity contribution >= 4 is 23.6 Å². The van der Waals surface area contributed by atoms with E-state index < -0.39 is 5.97 Å². The van der Waals surface area contributed by atoms with Crippen molar-refractivity contribution in [3.05, 3.63) is 58.6 Å². The molecule has 0 spiro atoms. The van der Waals surface area contributed by atoms with Crippen LogP contribution in [0.15, 0.2) is 42.5 Å². The molecule has 0 amide bonds. The van der Waals surface area contributed by atoms with Crippen molar-refractivity contribution in [2.75, 3.05) is 13.7 Å². The second-order valence-electron chi connectivity index (χ2n) is 5.01. The molecule has 0 unspecified atom stereocenters. The van der Waals surface area contributed by atoms with Gasteiger partial charge in [-0.15, -0.1) is 0 Å². The molecular formula is C19H19ClO4. The highest BCUT2D eigenvalue weighted by Crippen LogP contribution is 2.28. The number of carbonyl (C=O) groups is 1. The van der Waals surface area contributed by atoms with Crippen LogP contribution in [0.5, 0.6) is 17.2 Å². The first-order chi connectivity index (χ1) is 11.5. The standard InChI is InChI=1S/C19H19ClO4/c1-4-23-17-8-5-14(12-18(17)22-3)6-10-19(21)24-16-9-7-15(20)11-13(16)2/h5-12H,4H2,1-3H3. The third-order valence-electron chi connectivity index (χ3n) is 3.25. The molecule has 0 N–H and O–H groups in total. The van der Waals surface area contributed by atoms with Gasteiger partial charge in [-0.25, -0.2) is 4.79 Å². The van der Waals surface area contributed by atoms with Gasteiger partial charge in [-0.05, 0) is 61.4 Å². The fourth-order valence-corrected chi connectivity index (χ4v) is 2.32. The van der Waals surface area contributed by atoms with Crippen LogP contribution < -0.4 is 14.2 Å². The fourth-order valence-electron chi connectivity index (χ4n) is 2.10. The first-order valence-electron chi connectivity index (χ1n) is 7.50. The summed E-state index contributed by atoms with van der Waals surface area (Å²) >= 11 is 5.88. The molecule has 0 aliphatic carbocycles. The summed E-state index contributed by atoms with van der Waals surface area (Å²) in [6, 6.07) is 10.5. The molecule has 0 aliphatic heterocycles. The second kappa shape index (κ2) is 8.41. The normalized spacial score (nSPS) is 10.7. The molecule has 0 radical (unpaired) electrons. The minimum absolute atomic E-state index is 0.465. The van der Waals surface area contributed by atoms with Crippen molar-refractivity contribution in [2.24, 2.45) is 0 Å². The van der Waals surface area contributed by atoms with Gasteiger partial charge in [0, 0.05) is 11.1 Å². The van der Waals surface area contributed by atoms with Gasteiger partial charge in [0.1, 0.15) is 5.75 Å². The number of hydrogen-bond acceptors (Lipinski definition) is 4. The summed E-state index contributed by atoms with van der Waals surface area (Å²) in [5.41, 5.74) is 1.60. The number of hydrogen-bond donors (Lipinski definition) is 0. The van der Waals surface area contributed by atoms with E-state index in [4.69, 9.17) is 25.8 Å². The maximum atomic E-state index is 11.9. The number of benzene rings is 2. The lowest BCUT2D eigenvalue weighted by molar-refractivity contribution is -0.128. The topological polar surface area (TPSA) is 44.8 Å². The molecule has 126 valence electrons. The summed E-state index contributed by atoms with van der Waals surface area (Å²) in [5.74, 6) is 1.30. The number of ether oxygens (including phenoxy) is 3. The number of methoxy groups -OCH3 is 1. The average Bonchev–Trinajstić information content (AvgIpc) is 2.56. The van der Waals surface area contributed by atoms with E-state index in [1.807, 2.05) is 19.9 Å². The van der Waals surface area contributed by atoms with Gasteiger partial charge in [0.2, 0.25) is 0 Å². The van der Waals surface area contributed by atoms with E-state index in [1.54, 1.807) is 43.5 Å². The van der Waals surface area contributed by atoms with Crippen molar-refractivity contribution in [3.8, 4) is 17.2 Å². The highest BCUT2D eigenvalue weighted by molar-refractivity contribution is 6.30. The minimum atomic E-state index is -0.465. The van der Waals surface area contributed by atoms with E-state index in [-0.39, 0.29) is 0 Å². The predicted octanol–water partition coefficient (Wildman–Crippen LogP) is 4.67. The van der Waals surface area contributed by atoms with Crippen LogP contribution in [0.3, 0.4) is 0 Å². The SMILES string of the molecule is CCOc1ccc(C=CC(=O)Oc2ccc(Cl)cc2C)cc1OC. The first kappa shape index (κ1) is 17.9. The Morgan fingerprint density at radius 2 is 1.88 bits per heavy atom. The van der Waals surface area contributed by atoms with Crippen molar-refractivity contribution in [1.29, 1.82) is 0 Å². The second-order valence-corrected chi connectivity index (χ2v) is 5.44. The van der Waals surface area contributed by atoms with E-state index in [0.717, 1.165) is 11.1 Å². The van der Waals surface area contributed by atoms with Crippen molar-refractivity contribution in [2.45, 2.75) is 13.8 Å². The van der Waals surface area contributed by atoms with E-state index in [1.165, 1.54) is 6.08 Å². The first-order valence-corrected chi connectivity index (χ1v) is 7.88. The molecule has 24 heavy (non-hydrogen) atoms. The molecule has 2 aromatic rings. The Labute approximate surface area is 146 Å². The molecule has 2 aromatic carbocycles. The van der Waals surface area contributed by atoms with Crippen LogP contribution in [0.4, 0.5) is 0 Å². The number of carbonyl (C=O) groups excluding carboxylic acids is 1. The van der Waals surface area contributed by atoms with Crippen molar-refractivity contribution in [1.82, 2.24) is 0 Å². The van der Waals surface area contributed by atoms with Crippen LogP contribution in [-0.2, 0) is 4.79 Å². The third-order valence-corrected chi connectivity index (χ3v) is 3.48. The van der Waals surface area contributed by atoms with Crippen LogP contribution in [0.25, 0.3) is 6.08 Å². The molecule has 0 fully saturated rings. The Kier molecular flexibility index (Phi) is 6.27. The van der Waals surface area contributed by atoms with E-state index in [9.17, 15) is 4.79 Å². The Morgan fingerprint density at radius 3 is 2.54 bits per heavy atom. The average molecular weight is 347 g/mol. The lowest BCUT2D eigenvalue weighted by Crippen LogP contribution is -2.04. The monoisotopic (exact) mass is 346 g/mol. The van der Waals surface area contributed by atoms with Gasteiger partial charge in [0.25, 0.3) is 0 Å². The largest absolute Gasteiger partial charge is 0.493 e. The number of aryl methyl sites for hydroxylation is 1. The van der Waals surface area contributed by atoms with Crippen molar-refractivity contribution < 1.29 is 19.0 Å². The van der Waals surface area contributed by atoms with E-state index >= 15 is 0 Å². The Morgan fingerprint density at radius 1 is 1.12 bits per heavy atom. The van der Waals surface area contributed by atoms with Gasteiger partial charge in [0.15, 0.2) is 11.5 Å². The number of rotatable bonds is 6. The zero-order valence-corrected chi connectivity index (χ0v) is 14.6. The summed E-state index contributed by atoms with van der Waals surface area (Å²) < 4.78 is 16.0. The van der Waals surface area contributed by atoms with Crippen LogP contribution in [0.1, 0.15) is 18.1 Å². The minimum Gasteiger partial charge on any atom is -0.493 e. The lowest BCUT2D eigenvalue weighted by atomic mass is 10.2. The molecule has 4 nitrogen and oxygen atoms in total. The van der Waals surface area contributed by atoms with Gasteiger partial charge in [-0.1, -0.05) is 17.7 Å². The summed E-state index contributed by atoms with van der Waals surface area (Å²) in [6.07, 6.45) is 3.02. The molecule has 0 saturated carbocycles. The zero-order chi connectivity index (χ0) is 17.5. The summed E-state index contributed by atoms with van der Waals surface area (Å²) in [7, 11) is 1.57. The summed E-state index contributed by atoms with van der Waals surface area (Å²) in [4.78, 5) is 11.9. The van der Waals surface area contributed by atoms with Gasteiger partial charge in [-0.3, -0.25) is 0 Å². The maximum absolute atomic E-state index is 11.9. The fraction of sp³-hybridized carbons (Fsp3) is 0.211. The Balaban J connectivity index is 2.08. The predicted molar refractivity (Wildman–Crippen MR) is 95.0 cm³/mol. The van der Waals surface area contributed by atoms with Gasteiger partial charge in [0.05, 0.1) is 13.7 Å². The highest BCUT2D eigenvalue weighted by atomic mass is 35.5. The molecule has 0 saturated heterocycles. The number of esters is 1. The summed E-state index contributed by atoms with van der Waals surface area (Å²) in [5, 5.41) is 0.601. The van der Waals surface area contributed by atoms with Crippen LogP contribution in [0, 0.1) is 6.92 Å². The van der Waals surface area contributed by atoms with Gasteiger partial charge in [-0.2, -0.15) is 0 Å². The van der Waals surface area contributed by atoms with Crippen LogP contribution in [0.2, 0.25) is 5.02 Å². The number of halogens is 1. The smallest absolute Gasteiger partial charge is 0.336 e. The van der Waals surface area contributed by atoms with Gasteiger partial charge < -0.3 is 14.2 Å². The molecule has 2 rings (SSSR count). The summed E-state index contributed by atoms with van der Waals surface area (Å²) in [6.45, 7) is 4.29. The van der Waals surface area contributed by atoms with Gasteiger partial charge >= 0.3 is 5.97 Å². The van der Waals surface area contributed by atoms with Crippen molar-refractivity contribution in [3.63, 3.8) is 0 Å². The third kappa shape index (κ3) is 4.77. The molecule has 5 heteroatoms. The maximum Gasteiger partial charge on any atom is 0.336 e. The quantitative estimate of drug-likeness (QED) is 0.433. The molecule has 0 atom stereocenters.